The second-order valence-electron chi connectivity index (χ2n) is 6.61. The lowest BCUT2D eigenvalue weighted by atomic mass is 10.1. The molecule has 28 heavy (non-hydrogen) atoms. The number of amides is 3. The number of nitrogens with one attached hydrogen (secondary N) is 2. The van der Waals surface area contributed by atoms with Crippen LogP contribution >= 0.6 is 0 Å². The van der Waals surface area contributed by atoms with Gasteiger partial charge in [0.05, 0.1) is 7.11 Å². The van der Waals surface area contributed by atoms with Crippen LogP contribution in [0.1, 0.15) is 28.4 Å². The molecule has 0 bridgehead atoms. The Morgan fingerprint density at radius 3 is 2.61 bits per heavy atom. The summed E-state index contributed by atoms with van der Waals surface area (Å²) in [4.78, 5) is 37.7. The molecule has 2 aromatic carbocycles. The van der Waals surface area contributed by atoms with Crippen molar-refractivity contribution in [2.24, 2.45) is 0 Å². The van der Waals surface area contributed by atoms with Crippen molar-refractivity contribution in [2.75, 3.05) is 18.6 Å². The van der Waals surface area contributed by atoms with Crippen LogP contribution in [-0.4, -0.2) is 37.6 Å². The molecule has 0 aliphatic carbocycles. The monoisotopic (exact) mass is 381 g/mol. The van der Waals surface area contributed by atoms with E-state index in [1.54, 1.807) is 11.8 Å². The minimum atomic E-state index is -0.720. The SMILES string of the molecule is COC(=O)C(C)NC(=O)NCc1ccc2c(c1)CCN2C(=O)c1ccccc1. The largest absolute Gasteiger partial charge is 0.467 e. The van der Waals surface area contributed by atoms with E-state index in [4.69, 9.17) is 0 Å². The molecule has 0 saturated heterocycles. The number of carbonyl (C=O) groups is 3. The van der Waals surface area contributed by atoms with E-state index in [0.717, 1.165) is 23.2 Å². The summed E-state index contributed by atoms with van der Waals surface area (Å²) in [5.74, 6) is -0.516. The number of rotatable bonds is 5. The lowest BCUT2D eigenvalue weighted by Gasteiger charge is -2.18. The van der Waals surface area contributed by atoms with Gasteiger partial charge in [-0.1, -0.05) is 30.3 Å². The first-order valence-electron chi connectivity index (χ1n) is 9.10. The summed E-state index contributed by atoms with van der Waals surface area (Å²) in [6.45, 7) is 2.51. The zero-order valence-corrected chi connectivity index (χ0v) is 15.9. The molecule has 7 heteroatoms. The van der Waals surface area contributed by atoms with E-state index in [2.05, 4.69) is 15.4 Å². The first-order valence-corrected chi connectivity index (χ1v) is 9.10. The van der Waals surface area contributed by atoms with Crippen LogP contribution in [0, 0.1) is 0 Å². The maximum absolute atomic E-state index is 12.7. The minimum absolute atomic E-state index is 0.0126. The van der Waals surface area contributed by atoms with E-state index >= 15 is 0 Å². The van der Waals surface area contributed by atoms with E-state index in [1.807, 2.05) is 48.5 Å². The van der Waals surface area contributed by atoms with Crippen molar-refractivity contribution in [3.63, 3.8) is 0 Å². The van der Waals surface area contributed by atoms with Gasteiger partial charge in [-0.05, 0) is 42.7 Å². The Morgan fingerprint density at radius 1 is 1.14 bits per heavy atom. The quantitative estimate of drug-likeness (QED) is 0.778. The molecule has 1 aliphatic rings. The highest BCUT2D eigenvalue weighted by Gasteiger charge is 2.25. The Morgan fingerprint density at radius 2 is 1.89 bits per heavy atom. The van der Waals surface area contributed by atoms with Crippen LogP contribution in [0.5, 0.6) is 0 Å². The van der Waals surface area contributed by atoms with Crippen molar-refractivity contribution in [1.82, 2.24) is 10.6 Å². The summed E-state index contributed by atoms with van der Waals surface area (Å²) in [5.41, 5.74) is 3.57. The van der Waals surface area contributed by atoms with Crippen molar-refractivity contribution in [2.45, 2.75) is 25.9 Å². The molecule has 7 nitrogen and oxygen atoms in total. The van der Waals surface area contributed by atoms with Gasteiger partial charge >= 0.3 is 12.0 Å². The summed E-state index contributed by atoms with van der Waals surface area (Å²) in [7, 11) is 1.27. The maximum Gasteiger partial charge on any atom is 0.328 e. The van der Waals surface area contributed by atoms with E-state index in [-0.39, 0.29) is 5.91 Å². The second kappa shape index (κ2) is 8.56. The van der Waals surface area contributed by atoms with Crippen LogP contribution < -0.4 is 15.5 Å². The lowest BCUT2D eigenvalue weighted by molar-refractivity contribution is -0.142. The van der Waals surface area contributed by atoms with E-state index in [0.29, 0.717) is 18.7 Å². The molecule has 3 rings (SSSR count). The molecule has 1 aliphatic heterocycles. The zero-order valence-electron chi connectivity index (χ0n) is 15.9. The van der Waals surface area contributed by atoms with Crippen LogP contribution in [0.25, 0.3) is 0 Å². The predicted octanol–water partition coefficient (Wildman–Crippen LogP) is 2.25. The minimum Gasteiger partial charge on any atom is -0.467 e. The Bertz CT molecular complexity index is 882. The fourth-order valence-corrected chi connectivity index (χ4v) is 3.18. The highest BCUT2D eigenvalue weighted by molar-refractivity contribution is 6.07. The molecule has 0 spiro atoms. The zero-order chi connectivity index (χ0) is 20.1. The van der Waals surface area contributed by atoms with Gasteiger partial charge in [-0.25, -0.2) is 9.59 Å². The standard InChI is InChI=1S/C21H23N3O4/c1-14(20(26)28-2)23-21(27)22-13-15-8-9-18-17(12-15)10-11-24(18)19(25)16-6-4-3-5-7-16/h3-9,12,14H,10-11,13H2,1-2H3,(H2,22,23,27). The summed E-state index contributed by atoms with van der Waals surface area (Å²) >= 11 is 0. The second-order valence-corrected chi connectivity index (χ2v) is 6.61. The number of benzene rings is 2. The van der Waals surface area contributed by atoms with Gasteiger partial charge in [0.25, 0.3) is 5.91 Å². The fourth-order valence-electron chi connectivity index (χ4n) is 3.18. The molecule has 146 valence electrons. The van der Waals surface area contributed by atoms with E-state index < -0.39 is 18.0 Å². The molecule has 3 amide bonds. The molecular formula is C21H23N3O4. The van der Waals surface area contributed by atoms with Crippen LogP contribution in [0.2, 0.25) is 0 Å². The van der Waals surface area contributed by atoms with Crippen molar-refractivity contribution >= 4 is 23.6 Å². The average molecular weight is 381 g/mol. The van der Waals surface area contributed by atoms with Gasteiger partial charge in [-0.15, -0.1) is 0 Å². The normalized spacial score (nSPS) is 13.4. The molecule has 0 radical (unpaired) electrons. The van der Waals surface area contributed by atoms with Gasteiger partial charge < -0.3 is 20.3 Å². The van der Waals surface area contributed by atoms with E-state index in [1.165, 1.54) is 7.11 Å². The van der Waals surface area contributed by atoms with Gasteiger partial charge in [0.2, 0.25) is 0 Å². The smallest absolute Gasteiger partial charge is 0.328 e. The van der Waals surface area contributed by atoms with Gasteiger partial charge in [0.1, 0.15) is 6.04 Å². The van der Waals surface area contributed by atoms with Gasteiger partial charge in [-0.2, -0.15) is 0 Å². The molecule has 1 heterocycles. The molecule has 0 fully saturated rings. The molecular weight excluding hydrogens is 358 g/mol. The fraction of sp³-hybridized carbons (Fsp3) is 0.286. The number of methoxy groups -OCH3 is 1. The Labute approximate surface area is 163 Å². The van der Waals surface area contributed by atoms with E-state index in [9.17, 15) is 14.4 Å². The Balaban J connectivity index is 1.61. The highest BCUT2D eigenvalue weighted by atomic mass is 16.5. The number of ether oxygens (including phenoxy) is 1. The van der Waals surface area contributed by atoms with Crippen LogP contribution in [-0.2, 0) is 22.5 Å². The number of hydrogen-bond acceptors (Lipinski definition) is 4. The summed E-state index contributed by atoms with van der Waals surface area (Å²) in [6, 6.07) is 13.8. The molecule has 1 unspecified atom stereocenters. The molecule has 2 N–H and O–H groups in total. The Hall–Kier alpha value is -3.35. The topological polar surface area (TPSA) is 87.7 Å². The summed E-state index contributed by atoms with van der Waals surface area (Å²) in [5, 5.41) is 5.24. The van der Waals surface area contributed by atoms with Crippen molar-refractivity contribution in [1.29, 1.82) is 0 Å². The number of urea groups is 1. The third-order valence-corrected chi connectivity index (χ3v) is 4.66. The first-order chi connectivity index (χ1) is 13.5. The first kappa shape index (κ1) is 19.4. The van der Waals surface area contributed by atoms with Gasteiger partial charge in [-0.3, -0.25) is 4.79 Å². The lowest BCUT2D eigenvalue weighted by Crippen LogP contribution is -2.44. The van der Waals surface area contributed by atoms with Crippen LogP contribution in [0.3, 0.4) is 0 Å². The average Bonchev–Trinajstić information content (AvgIpc) is 3.14. The number of carbonyl (C=O) groups excluding carboxylic acids is 3. The van der Waals surface area contributed by atoms with Crippen LogP contribution in [0.15, 0.2) is 48.5 Å². The van der Waals surface area contributed by atoms with Crippen molar-refractivity contribution < 1.29 is 19.1 Å². The summed E-state index contributed by atoms with van der Waals surface area (Å²) in [6.07, 6.45) is 0.771. The predicted molar refractivity (Wildman–Crippen MR) is 105 cm³/mol. The van der Waals surface area contributed by atoms with Crippen LogP contribution in [0.4, 0.5) is 10.5 Å². The van der Waals surface area contributed by atoms with Gasteiger partial charge in [0, 0.05) is 24.3 Å². The highest BCUT2D eigenvalue weighted by Crippen LogP contribution is 2.30. The van der Waals surface area contributed by atoms with Crippen molar-refractivity contribution in [3.8, 4) is 0 Å². The maximum atomic E-state index is 12.7. The number of anilines is 1. The third kappa shape index (κ3) is 4.31. The third-order valence-electron chi connectivity index (χ3n) is 4.66. The molecule has 2 aromatic rings. The molecule has 0 aromatic heterocycles. The summed E-state index contributed by atoms with van der Waals surface area (Å²) < 4.78 is 4.57. The number of hydrogen-bond donors (Lipinski definition) is 2. The number of fused-ring (bicyclic) bond motifs is 1. The number of nitrogens with zero attached hydrogens (tertiary/aromatic N) is 1. The van der Waals surface area contributed by atoms with Gasteiger partial charge in [0.15, 0.2) is 0 Å². The number of esters is 1. The van der Waals surface area contributed by atoms with Crippen molar-refractivity contribution in [3.05, 3.63) is 65.2 Å². The molecule has 0 saturated carbocycles. The Kier molecular flexibility index (Phi) is 5.93. The molecule has 1 atom stereocenters.